The lowest BCUT2D eigenvalue weighted by Crippen LogP contribution is -1.96. The summed E-state index contributed by atoms with van der Waals surface area (Å²) in [5.74, 6) is 0.923. The van der Waals surface area contributed by atoms with Crippen LogP contribution >= 0.6 is 0 Å². The normalized spacial score (nSPS) is 10.2. The van der Waals surface area contributed by atoms with E-state index in [-0.39, 0.29) is 0 Å². The molecule has 0 saturated carbocycles. The van der Waals surface area contributed by atoms with E-state index >= 15 is 0 Å². The molecule has 4 nitrogen and oxygen atoms in total. The predicted molar refractivity (Wildman–Crippen MR) is 64.4 cm³/mol. The Morgan fingerprint density at radius 2 is 2.12 bits per heavy atom. The van der Waals surface area contributed by atoms with Gasteiger partial charge in [0, 0.05) is 25.2 Å². The van der Waals surface area contributed by atoms with Crippen molar-refractivity contribution in [3.05, 3.63) is 42.2 Å². The summed E-state index contributed by atoms with van der Waals surface area (Å²) in [6.07, 6.45) is 2.59. The van der Waals surface area contributed by atoms with Crippen LogP contribution in [0.1, 0.15) is 5.69 Å². The van der Waals surface area contributed by atoms with Gasteiger partial charge in [0.1, 0.15) is 5.82 Å². The minimum absolute atomic E-state index is 0.370. The van der Waals surface area contributed by atoms with Gasteiger partial charge in [0.15, 0.2) is 0 Å². The molecule has 88 valence electrons. The molecule has 2 rings (SSSR count). The number of imidazole rings is 1. The number of rotatable bonds is 5. The van der Waals surface area contributed by atoms with E-state index < -0.39 is 0 Å². The number of carbonyl (C=O) groups is 1. The van der Waals surface area contributed by atoms with Crippen LogP contribution in [-0.2, 0) is 23.0 Å². The molecule has 0 aliphatic heterocycles. The number of benzene rings is 1. The Morgan fingerprint density at radius 3 is 2.82 bits per heavy atom. The molecule has 4 heteroatoms. The summed E-state index contributed by atoms with van der Waals surface area (Å²) >= 11 is 0. The molecule has 0 unspecified atom stereocenters. The van der Waals surface area contributed by atoms with E-state index in [0.717, 1.165) is 17.1 Å². The molecule has 0 aliphatic carbocycles. The van der Waals surface area contributed by atoms with Crippen molar-refractivity contribution in [2.75, 3.05) is 6.61 Å². The second kappa shape index (κ2) is 5.30. The van der Waals surface area contributed by atoms with Crippen LogP contribution in [0.15, 0.2) is 36.5 Å². The van der Waals surface area contributed by atoms with Gasteiger partial charge < -0.3 is 9.30 Å². The molecule has 0 saturated heterocycles. The summed E-state index contributed by atoms with van der Waals surface area (Å²) in [6, 6.07) is 9.99. The molecule has 0 fully saturated rings. The second-order valence-electron chi connectivity index (χ2n) is 3.75. The lowest BCUT2D eigenvalue weighted by Gasteiger charge is -1.99. The van der Waals surface area contributed by atoms with Gasteiger partial charge in [0.2, 0.25) is 0 Å². The van der Waals surface area contributed by atoms with Gasteiger partial charge in [-0.25, -0.2) is 4.98 Å². The lowest BCUT2D eigenvalue weighted by atomic mass is 10.2. The maximum atomic E-state index is 10.0. The number of hydrogen-bond donors (Lipinski definition) is 0. The lowest BCUT2D eigenvalue weighted by molar-refractivity contribution is -0.128. The van der Waals surface area contributed by atoms with E-state index in [4.69, 9.17) is 0 Å². The van der Waals surface area contributed by atoms with E-state index in [1.807, 2.05) is 48.1 Å². The Morgan fingerprint density at radius 1 is 1.35 bits per heavy atom. The van der Waals surface area contributed by atoms with Crippen LogP contribution in [0, 0.1) is 0 Å². The van der Waals surface area contributed by atoms with Crippen molar-refractivity contribution in [2.24, 2.45) is 7.05 Å². The summed E-state index contributed by atoms with van der Waals surface area (Å²) in [7, 11) is 1.96. The van der Waals surface area contributed by atoms with Crippen molar-refractivity contribution in [1.82, 2.24) is 9.55 Å². The first-order valence-corrected chi connectivity index (χ1v) is 5.44. The standard InChI is InChI=1S/C13H14N2O2/c1-15-9-12(7-8-17-10-16)14-13(15)11-5-3-2-4-6-11/h2-6,9-10H,7-8H2,1H3. The average Bonchev–Trinajstić information content (AvgIpc) is 2.72. The van der Waals surface area contributed by atoms with Crippen LogP contribution in [-0.4, -0.2) is 22.6 Å². The Labute approximate surface area is 99.9 Å². The third-order valence-corrected chi connectivity index (χ3v) is 2.50. The van der Waals surface area contributed by atoms with Gasteiger partial charge in [-0.15, -0.1) is 0 Å². The summed E-state index contributed by atoms with van der Waals surface area (Å²) in [6.45, 7) is 0.829. The smallest absolute Gasteiger partial charge is 0.293 e. The van der Waals surface area contributed by atoms with Crippen LogP contribution in [0.4, 0.5) is 0 Å². The highest BCUT2D eigenvalue weighted by Crippen LogP contribution is 2.17. The molecule has 17 heavy (non-hydrogen) atoms. The van der Waals surface area contributed by atoms with Gasteiger partial charge in [-0.3, -0.25) is 4.79 Å². The second-order valence-corrected chi connectivity index (χ2v) is 3.75. The highest BCUT2D eigenvalue weighted by molar-refractivity contribution is 5.55. The molecule has 2 aromatic rings. The Hall–Kier alpha value is -2.10. The summed E-state index contributed by atoms with van der Waals surface area (Å²) in [5.41, 5.74) is 2.01. The minimum Gasteiger partial charge on any atom is -0.467 e. The predicted octanol–water partition coefficient (Wildman–Crippen LogP) is 1.80. The minimum atomic E-state index is 0.370. The van der Waals surface area contributed by atoms with E-state index in [1.54, 1.807) is 0 Å². The highest BCUT2D eigenvalue weighted by atomic mass is 16.5. The van der Waals surface area contributed by atoms with Gasteiger partial charge in [0.05, 0.1) is 12.3 Å². The monoisotopic (exact) mass is 230 g/mol. The van der Waals surface area contributed by atoms with Crippen molar-refractivity contribution in [1.29, 1.82) is 0 Å². The SMILES string of the molecule is Cn1cc(CCOC=O)nc1-c1ccccc1. The van der Waals surface area contributed by atoms with Gasteiger partial charge in [-0.2, -0.15) is 0 Å². The quantitative estimate of drug-likeness (QED) is 0.581. The Kier molecular flexibility index (Phi) is 3.55. The zero-order chi connectivity index (χ0) is 12.1. The first-order chi connectivity index (χ1) is 8.31. The molecule has 0 N–H and O–H groups in total. The molecule has 0 spiro atoms. The fourth-order valence-corrected chi connectivity index (χ4v) is 1.72. The van der Waals surface area contributed by atoms with E-state index in [2.05, 4.69) is 9.72 Å². The van der Waals surface area contributed by atoms with Crippen LogP contribution < -0.4 is 0 Å². The molecule has 0 radical (unpaired) electrons. The largest absolute Gasteiger partial charge is 0.467 e. The summed E-state index contributed by atoms with van der Waals surface area (Å²) in [5, 5.41) is 0. The van der Waals surface area contributed by atoms with Gasteiger partial charge in [-0.05, 0) is 0 Å². The fraction of sp³-hybridized carbons (Fsp3) is 0.231. The molecule has 1 aromatic heterocycles. The molecule has 0 bridgehead atoms. The topological polar surface area (TPSA) is 44.1 Å². The van der Waals surface area contributed by atoms with Gasteiger partial charge >= 0.3 is 0 Å². The van der Waals surface area contributed by atoms with E-state index in [1.165, 1.54) is 0 Å². The Balaban J connectivity index is 2.16. The van der Waals surface area contributed by atoms with Gasteiger partial charge in [0.25, 0.3) is 6.47 Å². The third kappa shape index (κ3) is 2.72. The first kappa shape index (κ1) is 11.4. The summed E-state index contributed by atoms with van der Waals surface area (Å²) < 4.78 is 6.64. The first-order valence-electron chi connectivity index (χ1n) is 5.44. The van der Waals surface area contributed by atoms with Crippen molar-refractivity contribution in [3.63, 3.8) is 0 Å². The maximum absolute atomic E-state index is 10.0. The zero-order valence-electron chi connectivity index (χ0n) is 9.67. The van der Waals surface area contributed by atoms with Crippen molar-refractivity contribution in [2.45, 2.75) is 6.42 Å². The van der Waals surface area contributed by atoms with Crippen LogP contribution in [0.2, 0.25) is 0 Å². The number of hydrogen-bond acceptors (Lipinski definition) is 3. The van der Waals surface area contributed by atoms with Crippen molar-refractivity contribution >= 4 is 6.47 Å². The molecule has 0 aliphatic rings. The number of nitrogens with zero attached hydrogens (tertiary/aromatic N) is 2. The number of carbonyl (C=O) groups excluding carboxylic acids is 1. The third-order valence-electron chi connectivity index (χ3n) is 2.50. The van der Waals surface area contributed by atoms with Crippen molar-refractivity contribution < 1.29 is 9.53 Å². The summed E-state index contributed by atoms with van der Waals surface area (Å²) in [4.78, 5) is 14.6. The molecule has 0 amide bonds. The van der Waals surface area contributed by atoms with Crippen LogP contribution in [0.25, 0.3) is 11.4 Å². The molecule has 1 heterocycles. The van der Waals surface area contributed by atoms with Gasteiger partial charge in [-0.1, -0.05) is 30.3 Å². The number of aryl methyl sites for hydroxylation is 1. The molecule has 0 atom stereocenters. The van der Waals surface area contributed by atoms with E-state index in [9.17, 15) is 4.79 Å². The molecular weight excluding hydrogens is 216 g/mol. The maximum Gasteiger partial charge on any atom is 0.293 e. The molecular formula is C13H14N2O2. The number of ether oxygens (including phenoxy) is 1. The fourth-order valence-electron chi connectivity index (χ4n) is 1.72. The van der Waals surface area contributed by atoms with Crippen LogP contribution in [0.5, 0.6) is 0 Å². The average molecular weight is 230 g/mol. The Bertz CT molecular complexity index is 491. The van der Waals surface area contributed by atoms with Crippen molar-refractivity contribution in [3.8, 4) is 11.4 Å². The number of aromatic nitrogens is 2. The highest BCUT2D eigenvalue weighted by Gasteiger charge is 2.06. The molecule has 1 aromatic carbocycles. The zero-order valence-corrected chi connectivity index (χ0v) is 9.67. The van der Waals surface area contributed by atoms with E-state index in [0.29, 0.717) is 19.5 Å². The van der Waals surface area contributed by atoms with Crippen LogP contribution in [0.3, 0.4) is 0 Å².